The normalized spacial score (nSPS) is 24.0. The topological polar surface area (TPSA) is 57.7 Å². The van der Waals surface area contributed by atoms with Crippen LogP contribution in [-0.4, -0.2) is 49.2 Å². The van der Waals surface area contributed by atoms with E-state index in [1.807, 2.05) is 0 Å². The Balaban J connectivity index is 1.85. The molecule has 7 heteroatoms. The first-order valence-corrected chi connectivity index (χ1v) is 8.48. The highest BCUT2D eigenvalue weighted by Crippen LogP contribution is 2.26. The van der Waals surface area contributed by atoms with Crippen LogP contribution >= 0.6 is 0 Å². The van der Waals surface area contributed by atoms with Gasteiger partial charge in [0, 0.05) is 32.1 Å². The molecule has 3 rings (SSSR count). The average molecular weight is 312 g/mol. The van der Waals surface area contributed by atoms with E-state index in [1.54, 1.807) is 4.90 Å². The summed E-state index contributed by atoms with van der Waals surface area (Å²) < 4.78 is 40.2. The van der Waals surface area contributed by atoms with Crippen LogP contribution in [0.25, 0.3) is 0 Å². The first kappa shape index (κ1) is 14.5. The van der Waals surface area contributed by atoms with Crippen molar-refractivity contribution < 1.29 is 17.6 Å². The van der Waals surface area contributed by atoms with E-state index in [4.69, 9.17) is 0 Å². The number of hydrogen-bond donors (Lipinski definition) is 0. The maximum Gasteiger partial charge on any atom is 0.246 e. The van der Waals surface area contributed by atoms with Crippen molar-refractivity contribution in [2.45, 2.75) is 30.2 Å². The quantitative estimate of drug-likeness (QED) is 0.825. The van der Waals surface area contributed by atoms with E-state index in [-0.39, 0.29) is 29.9 Å². The van der Waals surface area contributed by atoms with Gasteiger partial charge >= 0.3 is 0 Å². The van der Waals surface area contributed by atoms with Gasteiger partial charge in [0.2, 0.25) is 15.9 Å². The van der Waals surface area contributed by atoms with Crippen molar-refractivity contribution in [2.75, 3.05) is 19.6 Å². The fourth-order valence-electron chi connectivity index (χ4n) is 3.05. The molecule has 114 valence electrons. The smallest absolute Gasteiger partial charge is 0.246 e. The third-order valence-electron chi connectivity index (χ3n) is 4.15. The Morgan fingerprint density at radius 3 is 2.71 bits per heavy atom. The summed E-state index contributed by atoms with van der Waals surface area (Å²) in [5.41, 5.74) is 0. The highest BCUT2D eigenvalue weighted by molar-refractivity contribution is 7.89. The number of amides is 1. The third-order valence-corrected chi connectivity index (χ3v) is 6.05. The molecule has 2 heterocycles. The van der Waals surface area contributed by atoms with Gasteiger partial charge < -0.3 is 4.90 Å². The first-order chi connectivity index (χ1) is 10.00. The van der Waals surface area contributed by atoms with Gasteiger partial charge in [-0.25, -0.2) is 12.8 Å². The zero-order chi connectivity index (χ0) is 15.0. The summed E-state index contributed by atoms with van der Waals surface area (Å²) in [6.07, 6.45) is 2.12. The van der Waals surface area contributed by atoms with Gasteiger partial charge in [-0.15, -0.1) is 0 Å². The van der Waals surface area contributed by atoms with Gasteiger partial charge in [-0.3, -0.25) is 4.79 Å². The molecule has 2 fully saturated rings. The molecule has 1 amide bonds. The van der Waals surface area contributed by atoms with E-state index >= 15 is 0 Å². The van der Waals surface area contributed by atoms with Crippen LogP contribution in [0.5, 0.6) is 0 Å². The Bertz CT molecular complexity index is 662. The van der Waals surface area contributed by atoms with E-state index in [1.165, 1.54) is 22.5 Å². The molecular weight excluding hydrogens is 295 g/mol. The van der Waals surface area contributed by atoms with Crippen molar-refractivity contribution in [1.82, 2.24) is 9.21 Å². The van der Waals surface area contributed by atoms with Crippen molar-refractivity contribution in [3.8, 4) is 0 Å². The number of rotatable bonds is 2. The lowest BCUT2D eigenvalue weighted by molar-refractivity contribution is -0.138. The van der Waals surface area contributed by atoms with Crippen molar-refractivity contribution in [1.29, 1.82) is 0 Å². The van der Waals surface area contributed by atoms with Gasteiger partial charge in [0.05, 0.1) is 0 Å². The molecule has 0 aliphatic carbocycles. The van der Waals surface area contributed by atoms with Crippen LogP contribution in [0.1, 0.15) is 19.3 Å². The van der Waals surface area contributed by atoms with Crippen LogP contribution in [0.3, 0.4) is 0 Å². The molecule has 21 heavy (non-hydrogen) atoms. The molecular formula is C14H17FN2O3S. The summed E-state index contributed by atoms with van der Waals surface area (Å²) >= 11 is 0. The maximum atomic E-state index is 13.8. The van der Waals surface area contributed by atoms with Gasteiger partial charge in [-0.1, -0.05) is 12.1 Å². The number of nitrogens with zero attached hydrogens (tertiary/aromatic N) is 2. The molecule has 0 aromatic heterocycles. The number of carbonyl (C=O) groups is 1. The zero-order valence-corrected chi connectivity index (χ0v) is 12.4. The molecule has 0 N–H and O–H groups in total. The summed E-state index contributed by atoms with van der Waals surface area (Å²) in [6.45, 7) is 0.860. The predicted octanol–water partition coefficient (Wildman–Crippen LogP) is 1.21. The Kier molecular flexibility index (Phi) is 3.71. The van der Waals surface area contributed by atoms with E-state index < -0.39 is 15.8 Å². The molecule has 1 aromatic carbocycles. The van der Waals surface area contributed by atoms with Gasteiger partial charge in [0.25, 0.3) is 0 Å². The molecule has 1 atom stereocenters. The Labute approximate surface area is 123 Å². The molecule has 1 unspecified atom stereocenters. The molecule has 0 radical (unpaired) electrons. The van der Waals surface area contributed by atoms with Crippen molar-refractivity contribution >= 4 is 15.9 Å². The van der Waals surface area contributed by atoms with Crippen LogP contribution in [-0.2, 0) is 14.8 Å². The molecule has 2 aliphatic heterocycles. The molecule has 0 saturated carbocycles. The molecule has 0 bridgehead atoms. The Morgan fingerprint density at radius 1 is 1.19 bits per heavy atom. The number of benzene rings is 1. The second-order valence-electron chi connectivity index (χ2n) is 5.43. The second-order valence-corrected chi connectivity index (χ2v) is 7.33. The molecule has 0 spiro atoms. The van der Waals surface area contributed by atoms with Gasteiger partial charge in [-0.05, 0) is 25.0 Å². The van der Waals surface area contributed by atoms with E-state index in [0.717, 1.165) is 18.9 Å². The van der Waals surface area contributed by atoms with E-state index in [2.05, 4.69) is 0 Å². The Hall–Kier alpha value is -1.47. The second kappa shape index (κ2) is 5.38. The number of sulfonamides is 1. The minimum atomic E-state index is -3.84. The lowest BCUT2D eigenvalue weighted by Crippen LogP contribution is -2.57. The van der Waals surface area contributed by atoms with Gasteiger partial charge in [0.15, 0.2) is 0 Å². The minimum absolute atomic E-state index is 0.0819. The molecule has 2 aliphatic rings. The molecule has 2 saturated heterocycles. The number of halogens is 1. The average Bonchev–Trinajstić information content (AvgIpc) is 2.47. The summed E-state index contributed by atoms with van der Waals surface area (Å²) in [5, 5.41) is 0. The lowest BCUT2D eigenvalue weighted by Gasteiger charge is -2.43. The van der Waals surface area contributed by atoms with Crippen LogP contribution in [0, 0.1) is 5.82 Å². The number of carbonyl (C=O) groups excluding carboxylic acids is 1. The highest BCUT2D eigenvalue weighted by atomic mass is 32.2. The van der Waals surface area contributed by atoms with Crippen molar-refractivity contribution in [3.05, 3.63) is 30.1 Å². The number of piperidine rings is 1. The summed E-state index contributed by atoms with van der Waals surface area (Å²) in [5.74, 6) is -0.645. The van der Waals surface area contributed by atoms with Crippen molar-refractivity contribution in [2.24, 2.45) is 0 Å². The fourth-order valence-corrected chi connectivity index (χ4v) is 4.58. The summed E-state index contributed by atoms with van der Waals surface area (Å²) in [6, 6.07) is 5.32. The third kappa shape index (κ3) is 2.55. The highest BCUT2D eigenvalue weighted by Gasteiger charge is 2.38. The van der Waals surface area contributed by atoms with Crippen molar-refractivity contribution in [3.63, 3.8) is 0 Å². The lowest BCUT2D eigenvalue weighted by atomic mass is 10.00. The van der Waals surface area contributed by atoms with E-state index in [9.17, 15) is 17.6 Å². The Morgan fingerprint density at radius 2 is 1.95 bits per heavy atom. The summed E-state index contributed by atoms with van der Waals surface area (Å²) in [4.78, 5) is 13.3. The fraction of sp³-hybridized carbons (Fsp3) is 0.500. The van der Waals surface area contributed by atoms with Crippen LogP contribution in [0.15, 0.2) is 29.2 Å². The first-order valence-electron chi connectivity index (χ1n) is 7.04. The van der Waals surface area contributed by atoms with Gasteiger partial charge in [0.1, 0.15) is 10.7 Å². The summed E-state index contributed by atoms with van der Waals surface area (Å²) in [7, 11) is -3.84. The molecule has 5 nitrogen and oxygen atoms in total. The molecule has 1 aromatic rings. The van der Waals surface area contributed by atoms with E-state index in [0.29, 0.717) is 13.0 Å². The zero-order valence-electron chi connectivity index (χ0n) is 11.5. The minimum Gasteiger partial charge on any atom is -0.337 e. The number of piperazine rings is 1. The maximum absolute atomic E-state index is 13.8. The number of fused-ring (bicyclic) bond motifs is 1. The van der Waals surface area contributed by atoms with Gasteiger partial charge in [-0.2, -0.15) is 4.31 Å². The predicted molar refractivity (Wildman–Crippen MR) is 74.5 cm³/mol. The number of hydrogen-bond acceptors (Lipinski definition) is 3. The van der Waals surface area contributed by atoms with Crippen LogP contribution in [0.4, 0.5) is 4.39 Å². The standard InChI is InChI=1S/C14H17FN2O3S/c15-12-5-1-2-6-13(12)21(19,20)16-8-9-17-11(10-16)4-3-7-14(17)18/h1-2,5-6,11H,3-4,7-10H2. The van der Waals surface area contributed by atoms with Crippen LogP contribution in [0.2, 0.25) is 0 Å². The largest absolute Gasteiger partial charge is 0.337 e. The van der Waals surface area contributed by atoms with Crippen LogP contribution < -0.4 is 0 Å². The SMILES string of the molecule is O=C1CCCC2CN(S(=O)(=O)c3ccccc3F)CCN12. The monoisotopic (exact) mass is 312 g/mol.